The number of likely N-dealkylation sites (N-methyl/N-ethyl adjacent to an activating group) is 1. The Kier molecular flexibility index (Phi) is 41.9. The number of ether oxygens (including phenoxy) is 4. The fourth-order valence-corrected chi connectivity index (χ4v) is 6.79. The highest BCUT2D eigenvalue weighted by Gasteiger charge is 2.25. The number of hydrogen-bond acceptors (Lipinski definition) is 7. The summed E-state index contributed by atoms with van der Waals surface area (Å²) in [5, 5.41) is 9.64. The van der Waals surface area contributed by atoms with E-state index in [-0.39, 0.29) is 32.2 Å². The molecule has 0 saturated carbocycles. The van der Waals surface area contributed by atoms with Crippen molar-refractivity contribution in [2.24, 2.45) is 0 Å². The highest BCUT2D eigenvalue weighted by Crippen LogP contribution is 2.16. The summed E-state index contributed by atoms with van der Waals surface area (Å²) >= 11 is 0. The summed E-state index contributed by atoms with van der Waals surface area (Å²) < 4.78 is 22.7. The number of carbonyl (C=O) groups excluding carboxylic acids is 2. The Morgan fingerprint density at radius 2 is 0.934 bits per heavy atom. The number of carboxylic acid groups (broad SMARTS) is 1. The average Bonchev–Trinajstić information content (AvgIpc) is 3.22. The summed E-state index contributed by atoms with van der Waals surface area (Å²) in [6, 6.07) is 0. The van der Waals surface area contributed by atoms with Gasteiger partial charge in [-0.05, 0) is 38.5 Å². The van der Waals surface area contributed by atoms with Crippen LogP contribution >= 0.6 is 0 Å². The van der Waals surface area contributed by atoms with Gasteiger partial charge in [0.2, 0.25) is 0 Å². The molecule has 0 spiro atoms. The summed E-state index contributed by atoms with van der Waals surface area (Å²) in [5.74, 6) is -2.11. The van der Waals surface area contributed by atoms with Crippen LogP contribution in [0.1, 0.15) is 206 Å². The van der Waals surface area contributed by atoms with Gasteiger partial charge in [-0.2, -0.15) is 0 Å². The second-order valence-corrected chi connectivity index (χ2v) is 17.8. The van der Waals surface area contributed by atoms with Crippen molar-refractivity contribution >= 4 is 17.9 Å². The highest BCUT2D eigenvalue weighted by atomic mass is 16.7. The second-order valence-electron chi connectivity index (χ2n) is 17.8. The molecule has 2 unspecified atom stereocenters. The van der Waals surface area contributed by atoms with Crippen molar-refractivity contribution in [2.75, 3.05) is 47.5 Å². The molecule has 0 amide bonds. The molecule has 0 bridgehead atoms. The summed E-state index contributed by atoms with van der Waals surface area (Å²) in [5.41, 5.74) is 0. The normalized spacial score (nSPS) is 13.3. The van der Waals surface area contributed by atoms with Crippen molar-refractivity contribution in [1.82, 2.24) is 0 Å². The molecule has 0 aromatic heterocycles. The Morgan fingerprint density at radius 3 is 1.36 bits per heavy atom. The van der Waals surface area contributed by atoms with Crippen LogP contribution in [0.4, 0.5) is 0 Å². The minimum absolute atomic E-state index is 0.139. The molecule has 9 nitrogen and oxygen atoms in total. The van der Waals surface area contributed by atoms with Gasteiger partial charge in [0, 0.05) is 12.8 Å². The van der Waals surface area contributed by atoms with Crippen molar-refractivity contribution in [3.63, 3.8) is 0 Å². The maximum absolute atomic E-state index is 12.7. The molecule has 1 N–H and O–H groups in total. The number of allylic oxidation sites excluding steroid dienone is 8. The maximum atomic E-state index is 12.7. The van der Waals surface area contributed by atoms with Crippen LogP contribution < -0.4 is 0 Å². The molecule has 0 aromatic rings. The van der Waals surface area contributed by atoms with Gasteiger partial charge in [0.25, 0.3) is 6.29 Å². The third-order valence-electron chi connectivity index (χ3n) is 10.6. The molecule has 354 valence electrons. The van der Waals surface area contributed by atoms with Gasteiger partial charge in [-0.25, -0.2) is 4.79 Å². The largest absolute Gasteiger partial charge is 0.477 e. The maximum Gasteiger partial charge on any atom is 0.361 e. The molecule has 0 rings (SSSR count). The molecule has 0 fully saturated rings. The first-order valence-corrected chi connectivity index (χ1v) is 24.8. The molecule has 9 heteroatoms. The van der Waals surface area contributed by atoms with Gasteiger partial charge in [0.1, 0.15) is 13.2 Å². The summed E-state index contributed by atoms with van der Waals surface area (Å²) in [6.07, 6.45) is 49.2. The van der Waals surface area contributed by atoms with E-state index < -0.39 is 24.3 Å². The number of quaternary nitrogens is 1. The molecular formula is C52H94NO8+. The Labute approximate surface area is 374 Å². The first-order valence-electron chi connectivity index (χ1n) is 24.8. The molecule has 0 heterocycles. The van der Waals surface area contributed by atoms with Crippen LogP contribution in [0, 0.1) is 0 Å². The first-order chi connectivity index (χ1) is 29.6. The first kappa shape index (κ1) is 58.2. The highest BCUT2D eigenvalue weighted by molar-refractivity contribution is 5.71. The van der Waals surface area contributed by atoms with Crippen LogP contribution in [0.2, 0.25) is 0 Å². The Balaban J connectivity index is 4.30. The summed E-state index contributed by atoms with van der Waals surface area (Å²) in [6.45, 7) is 4.68. The van der Waals surface area contributed by atoms with Crippen LogP contribution in [0.15, 0.2) is 48.6 Å². The number of hydrogen-bond donors (Lipinski definition) is 1. The van der Waals surface area contributed by atoms with Crippen molar-refractivity contribution in [3.8, 4) is 0 Å². The molecule has 0 aliphatic carbocycles. The molecule has 0 aromatic carbocycles. The lowest BCUT2D eigenvalue weighted by molar-refractivity contribution is -0.870. The zero-order chi connectivity index (χ0) is 44.9. The SMILES string of the molecule is CC/C=C\C/C=C\C/C=C\C/C=C\CCC(=O)OC(COC(=O)CCCCCCCCCCCCCCCCCCCCCCCCC)COC(OCC[N+](C)(C)C)C(=O)O. The lowest BCUT2D eigenvalue weighted by Crippen LogP contribution is -2.40. The van der Waals surface area contributed by atoms with Gasteiger partial charge in [-0.1, -0.05) is 204 Å². The number of esters is 2. The van der Waals surface area contributed by atoms with Crippen molar-refractivity contribution in [1.29, 1.82) is 0 Å². The lowest BCUT2D eigenvalue weighted by Gasteiger charge is -2.25. The number of unbranched alkanes of at least 4 members (excludes halogenated alkanes) is 22. The number of carbonyl (C=O) groups is 3. The third-order valence-corrected chi connectivity index (χ3v) is 10.6. The smallest absolute Gasteiger partial charge is 0.361 e. The lowest BCUT2D eigenvalue weighted by atomic mass is 10.0. The molecule has 2 atom stereocenters. The van der Waals surface area contributed by atoms with E-state index in [0.29, 0.717) is 23.9 Å². The predicted molar refractivity (Wildman–Crippen MR) is 253 cm³/mol. The van der Waals surface area contributed by atoms with E-state index in [2.05, 4.69) is 50.3 Å². The van der Waals surface area contributed by atoms with Crippen LogP contribution in [0.5, 0.6) is 0 Å². The van der Waals surface area contributed by atoms with Crippen molar-refractivity contribution in [3.05, 3.63) is 48.6 Å². The topological polar surface area (TPSA) is 108 Å². The van der Waals surface area contributed by atoms with Crippen molar-refractivity contribution < 1.29 is 42.9 Å². The van der Waals surface area contributed by atoms with Gasteiger partial charge in [-0.3, -0.25) is 9.59 Å². The number of nitrogens with zero attached hydrogens (tertiary/aromatic N) is 1. The Hall–Kier alpha value is -2.75. The standard InChI is InChI=1S/C52H93NO8/c1-6-8-10-12-14-16-18-20-21-22-23-24-25-26-27-28-29-31-32-34-36-38-40-42-49(54)59-46-48(47-60-52(51(56)57)58-45-44-53(3,4)5)61-50(55)43-41-39-37-35-33-30-19-17-15-13-11-9-7-2/h9,11,15,17,30,33,37,39,48,52H,6-8,10,12-14,16,18-29,31-32,34-36,38,40-47H2,1-5H3/p+1/b11-9-,17-15-,33-30-,39-37-. The number of aliphatic carboxylic acids is 1. The van der Waals surface area contributed by atoms with Gasteiger partial charge in [0.15, 0.2) is 6.10 Å². The predicted octanol–water partition coefficient (Wildman–Crippen LogP) is 13.6. The monoisotopic (exact) mass is 861 g/mol. The number of carboxylic acids is 1. The Morgan fingerprint density at radius 1 is 0.508 bits per heavy atom. The van der Waals surface area contributed by atoms with Crippen LogP contribution in [-0.2, 0) is 33.3 Å². The minimum atomic E-state index is -1.53. The zero-order valence-electron chi connectivity index (χ0n) is 40.1. The fourth-order valence-electron chi connectivity index (χ4n) is 6.79. The molecule has 0 aliphatic rings. The van der Waals surface area contributed by atoms with Crippen molar-refractivity contribution in [2.45, 2.75) is 219 Å². The molecule has 61 heavy (non-hydrogen) atoms. The molecular weight excluding hydrogens is 767 g/mol. The minimum Gasteiger partial charge on any atom is -0.477 e. The van der Waals surface area contributed by atoms with E-state index in [1.165, 1.54) is 128 Å². The molecule has 0 aliphatic heterocycles. The quantitative estimate of drug-likeness (QED) is 0.0212. The molecule has 0 radical (unpaired) electrons. The zero-order valence-corrected chi connectivity index (χ0v) is 40.1. The van der Waals surface area contributed by atoms with Gasteiger partial charge in [-0.15, -0.1) is 0 Å². The van der Waals surface area contributed by atoms with E-state index >= 15 is 0 Å². The van der Waals surface area contributed by atoms with E-state index in [9.17, 15) is 19.5 Å². The van der Waals surface area contributed by atoms with E-state index in [1.54, 1.807) is 0 Å². The number of rotatable bonds is 45. The van der Waals surface area contributed by atoms with Gasteiger partial charge < -0.3 is 28.5 Å². The van der Waals surface area contributed by atoms with E-state index in [0.717, 1.165) is 44.9 Å². The fraction of sp³-hybridized carbons (Fsp3) is 0.788. The van der Waals surface area contributed by atoms with E-state index in [4.69, 9.17) is 18.9 Å². The van der Waals surface area contributed by atoms with Gasteiger partial charge in [0.05, 0.1) is 34.4 Å². The van der Waals surface area contributed by atoms with Crippen LogP contribution in [-0.4, -0.2) is 87.4 Å². The second kappa shape index (κ2) is 43.9. The summed E-state index contributed by atoms with van der Waals surface area (Å²) in [4.78, 5) is 37.1. The molecule has 0 saturated heterocycles. The average molecular weight is 861 g/mol. The Bertz CT molecular complexity index is 1140. The van der Waals surface area contributed by atoms with Crippen LogP contribution in [0.25, 0.3) is 0 Å². The van der Waals surface area contributed by atoms with Gasteiger partial charge >= 0.3 is 17.9 Å². The van der Waals surface area contributed by atoms with E-state index in [1.807, 2.05) is 33.3 Å². The van der Waals surface area contributed by atoms with Crippen LogP contribution in [0.3, 0.4) is 0 Å². The third kappa shape index (κ3) is 45.1. The summed E-state index contributed by atoms with van der Waals surface area (Å²) in [7, 11) is 5.93.